The van der Waals surface area contributed by atoms with Crippen molar-refractivity contribution in [2.24, 2.45) is 0 Å². The summed E-state index contributed by atoms with van der Waals surface area (Å²) in [5.74, 6) is 0.639. The fourth-order valence-electron chi connectivity index (χ4n) is 2.43. The van der Waals surface area contributed by atoms with E-state index in [0.29, 0.717) is 5.92 Å². The number of nitrogens with one attached hydrogen (secondary N) is 1. The minimum absolute atomic E-state index is 0.639. The van der Waals surface area contributed by atoms with Gasteiger partial charge in [-0.1, -0.05) is 0 Å². The van der Waals surface area contributed by atoms with Crippen molar-refractivity contribution in [3.05, 3.63) is 34.4 Å². The van der Waals surface area contributed by atoms with E-state index in [9.17, 15) is 0 Å². The SMILES string of the molecule is Cc1sc(C2CCNCC2)nc1-c1cccnc1. The fraction of sp³-hybridized carbons (Fsp3) is 0.429. The van der Waals surface area contributed by atoms with Crippen LogP contribution in [0.4, 0.5) is 0 Å². The number of piperidine rings is 1. The Bertz CT molecular complexity index is 515. The molecule has 0 saturated carbocycles. The van der Waals surface area contributed by atoms with Crippen molar-refractivity contribution < 1.29 is 0 Å². The third-order valence-corrected chi connectivity index (χ3v) is 4.57. The molecule has 0 bridgehead atoms. The zero-order valence-electron chi connectivity index (χ0n) is 10.5. The van der Waals surface area contributed by atoms with E-state index in [1.165, 1.54) is 22.7 Å². The minimum atomic E-state index is 0.639. The van der Waals surface area contributed by atoms with Crippen LogP contribution < -0.4 is 5.32 Å². The number of nitrogens with zero attached hydrogens (tertiary/aromatic N) is 2. The summed E-state index contributed by atoms with van der Waals surface area (Å²) < 4.78 is 0. The molecule has 0 aliphatic carbocycles. The molecule has 0 atom stereocenters. The first-order chi connectivity index (χ1) is 8.84. The van der Waals surface area contributed by atoms with E-state index >= 15 is 0 Å². The van der Waals surface area contributed by atoms with Crippen LogP contribution in [0.25, 0.3) is 11.3 Å². The van der Waals surface area contributed by atoms with Crippen LogP contribution in [0, 0.1) is 6.92 Å². The van der Waals surface area contributed by atoms with Crippen LogP contribution in [0.15, 0.2) is 24.5 Å². The Hall–Kier alpha value is -1.26. The van der Waals surface area contributed by atoms with Crippen molar-refractivity contribution in [1.29, 1.82) is 0 Å². The molecular formula is C14H17N3S. The van der Waals surface area contributed by atoms with Crippen LogP contribution in [0.1, 0.15) is 28.6 Å². The molecule has 1 saturated heterocycles. The van der Waals surface area contributed by atoms with E-state index in [2.05, 4.69) is 23.3 Å². The molecule has 3 nitrogen and oxygen atoms in total. The molecule has 0 spiro atoms. The second-order valence-corrected chi connectivity index (χ2v) is 5.96. The smallest absolute Gasteiger partial charge is 0.0967 e. The van der Waals surface area contributed by atoms with Gasteiger partial charge < -0.3 is 5.32 Å². The van der Waals surface area contributed by atoms with E-state index < -0.39 is 0 Å². The molecule has 1 N–H and O–H groups in total. The number of aryl methyl sites for hydroxylation is 1. The van der Waals surface area contributed by atoms with Gasteiger partial charge in [-0.2, -0.15) is 0 Å². The van der Waals surface area contributed by atoms with Gasteiger partial charge in [0.25, 0.3) is 0 Å². The van der Waals surface area contributed by atoms with Crippen molar-refractivity contribution in [3.63, 3.8) is 0 Å². The molecule has 1 aliphatic rings. The molecule has 2 aromatic heterocycles. The topological polar surface area (TPSA) is 37.8 Å². The second kappa shape index (κ2) is 5.16. The molecular weight excluding hydrogens is 242 g/mol. The highest BCUT2D eigenvalue weighted by Gasteiger charge is 2.20. The zero-order chi connectivity index (χ0) is 12.4. The van der Waals surface area contributed by atoms with E-state index in [-0.39, 0.29) is 0 Å². The molecule has 4 heteroatoms. The summed E-state index contributed by atoms with van der Waals surface area (Å²) in [6.07, 6.45) is 6.12. The summed E-state index contributed by atoms with van der Waals surface area (Å²) in [6.45, 7) is 4.39. The van der Waals surface area contributed by atoms with Gasteiger partial charge in [0, 0.05) is 28.8 Å². The van der Waals surface area contributed by atoms with Gasteiger partial charge in [0.05, 0.1) is 10.7 Å². The third-order valence-electron chi connectivity index (χ3n) is 3.44. The predicted octanol–water partition coefficient (Wildman–Crippen LogP) is 2.98. The Kier molecular flexibility index (Phi) is 3.39. The average Bonchev–Trinajstić information content (AvgIpc) is 2.83. The molecule has 0 radical (unpaired) electrons. The summed E-state index contributed by atoms with van der Waals surface area (Å²) in [5.41, 5.74) is 2.24. The van der Waals surface area contributed by atoms with Crippen molar-refractivity contribution in [2.75, 3.05) is 13.1 Å². The lowest BCUT2D eigenvalue weighted by atomic mass is 9.99. The van der Waals surface area contributed by atoms with Crippen LogP contribution in [0.3, 0.4) is 0 Å². The summed E-state index contributed by atoms with van der Waals surface area (Å²) in [7, 11) is 0. The molecule has 0 unspecified atom stereocenters. The Morgan fingerprint density at radius 2 is 2.17 bits per heavy atom. The maximum absolute atomic E-state index is 4.85. The molecule has 2 aromatic rings. The maximum Gasteiger partial charge on any atom is 0.0967 e. The first-order valence-electron chi connectivity index (χ1n) is 6.43. The molecule has 0 amide bonds. The maximum atomic E-state index is 4.85. The zero-order valence-corrected chi connectivity index (χ0v) is 11.3. The number of aromatic nitrogens is 2. The molecule has 3 rings (SSSR count). The Morgan fingerprint density at radius 1 is 1.33 bits per heavy atom. The minimum Gasteiger partial charge on any atom is -0.317 e. The predicted molar refractivity (Wildman–Crippen MR) is 74.9 cm³/mol. The van der Waals surface area contributed by atoms with Crippen molar-refractivity contribution >= 4 is 11.3 Å². The largest absolute Gasteiger partial charge is 0.317 e. The van der Waals surface area contributed by atoms with Crippen LogP contribution in [-0.2, 0) is 0 Å². The lowest BCUT2D eigenvalue weighted by molar-refractivity contribution is 0.459. The van der Waals surface area contributed by atoms with Crippen molar-refractivity contribution in [2.45, 2.75) is 25.7 Å². The molecule has 0 aromatic carbocycles. The van der Waals surface area contributed by atoms with Gasteiger partial charge in [-0.25, -0.2) is 4.98 Å². The van der Waals surface area contributed by atoms with Crippen LogP contribution in [-0.4, -0.2) is 23.1 Å². The highest BCUT2D eigenvalue weighted by molar-refractivity contribution is 7.12. The first-order valence-corrected chi connectivity index (χ1v) is 7.24. The van der Waals surface area contributed by atoms with Crippen molar-refractivity contribution in [1.82, 2.24) is 15.3 Å². The van der Waals surface area contributed by atoms with Gasteiger partial charge in [0.2, 0.25) is 0 Å². The highest BCUT2D eigenvalue weighted by Crippen LogP contribution is 2.34. The molecule has 18 heavy (non-hydrogen) atoms. The first kappa shape index (κ1) is 11.8. The molecule has 94 valence electrons. The van der Waals surface area contributed by atoms with Gasteiger partial charge >= 0.3 is 0 Å². The number of hydrogen-bond acceptors (Lipinski definition) is 4. The van der Waals surface area contributed by atoms with E-state index in [4.69, 9.17) is 4.98 Å². The highest BCUT2D eigenvalue weighted by atomic mass is 32.1. The van der Waals surface area contributed by atoms with Gasteiger partial charge in [-0.15, -0.1) is 11.3 Å². The van der Waals surface area contributed by atoms with Gasteiger partial charge in [0.15, 0.2) is 0 Å². The normalized spacial score (nSPS) is 16.9. The number of pyridine rings is 1. The number of rotatable bonds is 2. The van der Waals surface area contributed by atoms with Crippen LogP contribution in [0.5, 0.6) is 0 Å². The molecule has 1 fully saturated rings. The van der Waals surface area contributed by atoms with Gasteiger partial charge in [-0.05, 0) is 45.0 Å². The summed E-state index contributed by atoms with van der Waals surface area (Å²) in [6, 6.07) is 4.06. The van der Waals surface area contributed by atoms with Crippen LogP contribution in [0.2, 0.25) is 0 Å². The monoisotopic (exact) mass is 259 g/mol. The summed E-state index contributed by atoms with van der Waals surface area (Å²) >= 11 is 1.85. The van der Waals surface area contributed by atoms with Gasteiger partial charge in [0.1, 0.15) is 0 Å². The van der Waals surface area contributed by atoms with E-state index in [1.54, 1.807) is 6.20 Å². The summed E-state index contributed by atoms with van der Waals surface area (Å²) in [5, 5.41) is 4.70. The fourth-order valence-corrected chi connectivity index (χ4v) is 3.54. The lowest BCUT2D eigenvalue weighted by Gasteiger charge is -2.20. The second-order valence-electron chi connectivity index (χ2n) is 4.72. The lowest BCUT2D eigenvalue weighted by Crippen LogP contribution is -2.26. The molecule has 3 heterocycles. The number of hydrogen-bond donors (Lipinski definition) is 1. The Balaban J connectivity index is 1.91. The van der Waals surface area contributed by atoms with Crippen LogP contribution >= 0.6 is 11.3 Å². The third kappa shape index (κ3) is 2.31. The average molecular weight is 259 g/mol. The Morgan fingerprint density at radius 3 is 2.89 bits per heavy atom. The van der Waals surface area contributed by atoms with E-state index in [0.717, 1.165) is 24.3 Å². The summed E-state index contributed by atoms with van der Waals surface area (Å²) in [4.78, 5) is 10.3. The van der Waals surface area contributed by atoms with E-state index in [1.807, 2.05) is 23.6 Å². The number of thiazole rings is 1. The standard InChI is InChI=1S/C14H17N3S/c1-10-13(12-3-2-6-16-9-12)17-14(18-10)11-4-7-15-8-5-11/h2-3,6,9,11,15H,4-5,7-8H2,1H3. The van der Waals surface area contributed by atoms with Crippen molar-refractivity contribution in [3.8, 4) is 11.3 Å². The Labute approximate surface area is 111 Å². The van der Waals surface area contributed by atoms with Gasteiger partial charge in [-0.3, -0.25) is 4.98 Å². The molecule has 1 aliphatic heterocycles. The quantitative estimate of drug-likeness (QED) is 0.901.